The zero-order valence-corrected chi connectivity index (χ0v) is 12.3. The van der Waals surface area contributed by atoms with Gasteiger partial charge in [-0.3, -0.25) is 4.90 Å². The van der Waals surface area contributed by atoms with Crippen LogP contribution in [0, 0.1) is 5.92 Å². The molecule has 0 radical (unpaired) electrons. The van der Waals surface area contributed by atoms with E-state index in [1.807, 2.05) is 0 Å². The van der Waals surface area contributed by atoms with Gasteiger partial charge in [-0.25, -0.2) is 0 Å². The number of hydrogen-bond donors (Lipinski definition) is 1. The Bertz CT molecular complexity index is 230. The minimum Gasteiger partial charge on any atom is -0.316 e. The second-order valence-electron chi connectivity index (χ2n) is 6.44. The minimum absolute atomic E-state index is 0.778. The van der Waals surface area contributed by atoms with E-state index in [2.05, 4.69) is 29.0 Å². The summed E-state index contributed by atoms with van der Waals surface area (Å²) in [6, 6.07) is 0.887. The Morgan fingerprint density at radius 1 is 1.17 bits per heavy atom. The largest absolute Gasteiger partial charge is 0.316 e. The molecule has 0 aromatic carbocycles. The molecule has 1 N–H and O–H groups in total. The van der Waals surface area contributed by atoms with Crippen molar-refractivity contribution in [1.82, 2.24) is 15.1 Å². The van der Waals surface area contributed by atoms with Crippen molar-refractivity contribution in [3.05, 3.63) is 0 Å². The molecule has 1 atom stereocenters. The third kappa shape index (κ3) is 4.52. The van der Waals surface area contributed by atoms with Crippen LogP contribution in [0.5, 0.6) is 0 Å². The Kier molecular flexibility index (Phi) is 5.93. The smallest absolute Gasteiger partial charge is 0.0224 e. The molecule has 0 saturated carbocycles. The highest BCUT2D eigenvalue weighted by molar-refractivity contribution is 4.86. The Morgan fingerprint density at radius 2 is 2.06 bits per heavy atom. The van der Waals surface area contributed by atoms with Crippen molar-refractivity contribution >= 4 is 0 Å². The van der Waals surface area contributed by atoms with Crippen LogP contribution in [0.4, 0.5) is 0 Å². The van der Waals surface area contributed by atoms with Crippen LogP contribution in [-0.4, -0.2) is 61.7 Å². The van der Waals surface area contributed by atoms with Gasteiger partial charge in [0, 0.05) is 25.7 Å². The van der Waals surface area contributed by atoms with E-state index in [9.17, 15) is 0 Å². The summed E-state index contributed by atoms with van der Waals surface area (Å²) in [5.41, 5.74) is 0. The number of nitrogens with one attached hydrogen (secondary N) is 1. The van der Waals surface area contributed by atoms with Gasteiger partial charge in [0.25, 0.3) is 0 Å². The zero-order chi connectivity index (χ0) is 12.8. The molecule has 18 heavy (non-hydrogen) atoms. The summed E-state index contributed by atoms with van der Waals surface area (Å²) >= 11 is 0. The lowest BCUT2D eigenvalue weighted by molar-refractivity contribution is 0.103. The first-order valence-electron chi connectivity index (χ1n) is 7.93. The van der Waals surface area contributed by atoms with Crippen molar-refractivity contribution in [2.75, 3.05) is 45.8 Å². The Hall–Kier alpha value is -0.120. The fraction of sp³-hybridized carbons (Fsp3) is 1.00. The van der Waals surface area contributed by atoms with Gasteiger partial charge in [-0.05, 0) is 57.8 Å². The summed E-state index contributed by atoms with van der Waals surface area (Å²) < 4.78 is 0. The van der Waals surface area contributed by atoms with Gasteiger partial charge in [-0.15, -0.1) is 0 Å². The third-order valence-electron chi connectivity index (χ3n) is 4.30. The molecule has 3 heteroatoms. The van der Waals surface area contributed by atoms with Gasteiger partial charge in [0.15, 0.2) is 0 Å². The predicted octanol–water partition coefficient (Wildman–Crippen LogP) is 1.79. The molecule has 3 nitrogen and oxygen atoms in total. The monoisotopic (exact) mass is 253 g/mol. The number of unbranched alkanes of at least 4 members (excludes halogenated alkanes) is 1. The first kappa shape index (κ1) is 14.3. The van der Waals surface area contributed by atoms with Gasteiger partial charge < -0.3 is 10.2 Å². The Morgan fingerprint density at radius 3 is 2.89 bits per heavy atom. The molecule has 2 aliphatic heterocycles. The van der Waals surface area contributed by atoms with Crippen LogP contribution in [0.25, 0.3) is 0 Å². The fourth-order valence-corrected chi connectivity index (χ4v) is 3.23. The summed E-state index contributed by atoms with van der Waals surface area (Å²) in [5.74, 6) is 0.778. The molecule has 2 aliphatic rings. The van der Waals surface area contributed by atoms with Crippen LogP contribution in [0.3, 0.4) is 0 Å². The molecule has 2 saturated heterocycles. The SMILES string of the molecule is CC(C)CNCCCCN1CCN2CCCC2C1. The van der Waals surface area contributed by atoms with Crippen LogP contribution in [0.15, 0.2) is 0 Å². The summed E-state index contributed by atoms with van der Waals surface area (Å²) in [5, 5.41) is 3.53. The summed E-state index contributed by atoms with van der Waals surface area (Å²) in [7, 11) is 0. The summed E-state index contributed by atoms with van der Waals surface area (Å²) in [6.07, 6.45) is 5.56. The molecular weight excluding hydrogens is 222 g/mol. The molecule has 106 valence electrons. The quantitative estimate of drug-likeness (QED) is 0.698. The van der Waals surface area contributed by atoms with Gasteiger partial charge in [-0.2, -0.15) is 0 Å². The number of fused-ring (bicyclic) bond motifs is 1. The van der Waals surface area contributed by atoms with Gasteiger partial charge in [0.1, 0.15) is 0 Å². The highest BCUT2D eigenvalue weighted by atomic mass is 15.3. The van der Waals surface area contributed by atoms with Crippen LogP contribution in [0.1, 0.15) is 39.5 Å². The van der Waals surface area contributed by atoms with Crippen molar-refractivity contribution in [3.8, 4) is 0 Å². The van der Waals surface area contributed by atoms with E-state index in [1.165, 1.54) is 71.5 Å². The number of hydrogen-bond acceptors (Lipinski definition) is 3. The topological polar surface area (TPSA) is 18.5 Å². The molecule has 0 bridgehead atoms. The van der Waals surface area contributed by atoms with Crippen molar-refractivity contribution in [1.29, 1.82) is 0 Å². The van der Waals surface area contributed by atoms with Gasteiger partial charge in [-0.1, -0.05) is 13.8 Å². The number of rotatable bonds is 7. The standard InChI is InChI=1S/C15H31N3/c1-14(2)12-16-7-3-4-8-17-10-11-18-9-5-6-15(18)13-17/h14-16H,3-13H2,1-2H3. The van der Waals surface area contributed by atoms with Crippen molar-refractivity contribution in [3.63, 3.8) is 0 Å². The van der Waals surface area contributed by atoms with Crippen LogP contribution >= 0.6 is 0 Å². The maximum atomic E-state index is 3.53. The van der Waals surface area contributed by atoms with E-state index in [1.54, 1.807) is 0 Å². The molecular formula is C15H31N3. The lowest BCUT2D eigenvalue weighted by Gasteiger charge is -2.37. The Balaban J connectivity index is 1.49. The molecule has 0 aromatic rings. The molecule has 2 heterocycles. The van der Waals surface area contributed by atoms with E-state index in [0.717, 1.165) is 12.0 Å². The molecule has 0 aromatic heterocycles. The molecule has 2 rings (SSSR count). The predicted molar refractivity (Wildman–Crippen MR) is 78.0 cm³/mol. The van der Waals surface area contributed by atoms with Crippen LogP contribution in [-0.2, 0) is 0 Å². The van der Waals surface area contributed by atoms with Crippen molar-refractivity contribution < 1.29 is 0 Å². The van der Waals surface area contributed by atoms with E-state index >= 15 is 0 Å². The molecule has 0 aliphatic carbocycles. The van der Waals surface area contributed by atoms with E-state index < -0.39 is 0 Å². The average molecular weight is 253 g/mol. The number of piperazine rings is 1. The lowest BCUT2D eigenvalue weighted by Crippen LogP contribution is -2.50. The second kappa shape index (κ2) is 7.46. The maximum absolute atomic E-state index is 3.53. The highest BCUT2D eigenvalue weighted by Crippen LogP contribution is 2.21. The Labute approximate surface area is 113 Å². The molecule has 0 amide bonds. The lowest BCUT2D eigenvalue weighted by atomic mass is 10.1. The molecule has 2 fully saturated rings. The second-order valence-corrected chi connectivity index (χ2v) is 6.44. The summed E-state index contributed by atoms with van der Waals surface area (Å²) in [6.45, 7) is 13.5. The normalized spacial score (nSPS) is 25.8. The van der Waals surface area contributed by atoms with E-state index in [0.29, 0.717) is 0 Å². The first-order chi connectivity index (χ1) is 8.75. The van der Waals surface area contributed by atoms with Gasteiger partial charge >= 0.3 is 0 Å². The van der Waals surface area contributed by atoms with E-state index in [-0.39, 0.29) is 0 Å². The van der Waals surface area contributed by atoms with Crippen molar-refractivity contribution in [2.45, 2.75) is 45.6 Å². The highest BCUT2D eigenvalue weighted by Gasteiger charge is 2.29. The third-order valence-corrected chi connectivity index (χ3v) is 4.30. The van der Waals surface area contributed by atoms with Crippen LogP contribution < -0.4 is 5.32 Å². The molecule has 0 spiro atoms. The van der Waals surface area contributed by atoms with Crippen LogP contribution in [0.2, 0.25) is 0 Å². The maximum Gasteiger partial charge on any atom is 0.0224 e. The number of nitrogens with zero attached hydrogens (tertiary/aromatic N) is 2. The first-order valence-corrected chi connectivity index (χ1v) is 7.93. The fourth-order valence-electron chi connectivity index (χ4n) is 3.23. The van der Waals surface area contributed by atoms with Gasteiger partial charge in [0.05, 0.1) is 0 Å². The minimum atomic E-state index is 0.778. The van der Waals surface area contributed by atoms with Gasteiger partial charge in [0.2, 0.25) is 0 Å². The molecule has 1 unspecified atom stereocenters. The average Bonchev–Trinajstić information content (AvgIpc) is 2.80. The zero-order valence-electron chi connectivity index (χ0n) is 12.3. The van der Waals surface area contributed by atoms with Crippen molar-refractivity contribution in [2.24, 2.45) is 5.92 Å². The van der Waals surface area contributed by atoms with E-state index in [4.69, 9.17) is 0 Å². The summed E-state index contributed by atoms with van der Waals surface area (Å²) in [4.78, 5) is 5.38.